The second-order valence-corrected chi connectivity index (χ2v) is 10.6. The van der Waals surface area contributed by atoms with Gasteiger partial charge in [0.25, 0.3) is 0 Å². The Morgan fingerprint density at radius 3 is 2.53 bits per heavy atom. The molecule has 2 N–H and O–H groups in total. The number of hydrogen-bond acceptors (Lipinski definition) is 4. The zero-order chi connectivity index (χ0) is 25.6. The second kappa shape index (κ2) is 9.07. The summed E-state index contributed by atoms with van der Waals surface area (Å²) in [4.78, 5) is 20.0. The van der Waals surface area contributed by atoms with Crippen molar-refractivity contribution in [2.75, 3.05) is 4.90 Å². The Kier molecular flexibility index (Phi) is 6.05. The Morgan fingerprint density at radius 1 is 1.08 bits per heavy atom. The van der Waals surface area contributed by atoms with Gasteiger partial charge in [-0.3, -0.25) is 20.1 Å². The molecule has 0 saturated heterocycles. The summed E-state index contributed by atoms with van der Waals surface area (Å²) >= 11 is 6.51. The van der Waals surface area contributed by atoms with Crippen molar-refractivity contribution in [1.29, 1.82) is 5.41 Å². The summed E-state index contributed by atoms with van der Waals surface area (Å²) in [5.74, 6) is -0.491. The predicted octanol–water partition coefficient (Wildman–Crippen LogP) is 7.24. The number of benzene rings is 2. The number of ketones is 1. The molecule has 5 nitrogen and oxygen atoms in total. The van der Waals surface area contributed by atoms with E-state index in [1.54, 1.807) is 24.5 Å². The summed E-state index contributed by atoms with van der Waals surface area (Å²) in [7, 11) is 0. The van der Waals surface area contributed by atoms with Gasteiger partial charge in [0.05, 0.1) is 5.69 Å². The van der Waals surface area contributed by atoms with Crippen LogP contribution in [0.15, 0.2) is 89.9 Å². The van der Waals surface area contributed by atoms with E-state index in [-0.39, 0.29) is 22.8 Å². The maximum Gasteiger partial charge on any atom is 0.162 e. The lowest BCUT2D eigenvalue weighted by Gasteiger charge is -2.45. The normalized spacial score (nSPS) is 20.9. The quantitative estimate of drug-likeness (QED) is 0.374. The molecule has 2 aliphatic rings. The highest BCUT2D eigenvalue weighted by Crippen LogP contribution is 2.51. The summed E-state index contributed by atoms with van der Waals surface area (Å²) in [6, 6.07) is 18.5. The second-order valence-electron chi connectivity index (χ2n) is 10.2. The van der Waals surface area contributed by atoms with E-state index in [0.29, 0.717) is 34.6 Å². The van der Waals surface area contributed by atoms with Crippen LogP contribution in [0.3, 0.4) is 0 Å². The first-order chi connectivity index (χ1) is 17.2. The van der Waals surface area contributed by atoms with E-state index in [0.717, 1.165) is 22.5 Å². The topological polar surface area (TPSA) is 77.3 Å². The fourth-order valence-electron chi connectivity index (χ4n) is 5.35. The Labute approximate surface area is 216 Å². The number of rotatable bonds is 3. The molecule has 0 bridgehead atoms. The smallest absolute Gasteiger partial charge is 0.162 e. The number of pyridine rings is 1. The van der Waals surface area contributed by atoms with Crippen LogP contribution in [0.5, 0.6) is 0 Å². The lowest BCUT2D eigenvalue weighted by molar-refractivity contribution is -0.118. The molecule has 0 saturated carbocycles. The van der Waals surface area contributed by atoms with E-state index in [9.17, 15) is 15.3 Å². The lowest BCUT2D eigenvalue weighted by atomic mass is 9.67. The third-order valence-corrected chi connectivity index (χ3v) is 7.43. The van der Waals surface area contributed by atoms with Gasteiger partial charge in [-0.15, -0.1) is 0 Å². The van der Waals surface area contributed by atoms with Crippen molar-refractivity contribution in [3.05, 3.63) is 112 Å². The van der Waals surface area contributed by atoms with Crippen molar-refractivity contribution in [3.8, 4) is 0 Å². The lowest BCUT2D eigenvalue weighted by Crippen LogP contribution is -2.45. The van der Waals surface area contributed by atoms with Crippen molar-refractivity contribution in [3.63, 3.8) is 0 Å². The summed E-state index contributed by atoms with van der Waals surface area (Å²) in [5, 5.41) is 21.7. The molecular formula is C30H28ClN3O2. The number of carbonyl (C=O) groups is 1. The average molecular weight is 498 g/mol. The number of aliphatic hydroxyl groups excluding tert-OH is 1. The number of carbonyl (C=O) groups excluding carboxylic acids is 1. The van der Waals surface area contributed by atoms with Crippen molar-refractivity contribution in [2.24, 2.45) is 5.41 Å². The van der Waals surface area contributed by atoms with E-state index < -0.39 is 5.92 Å². The van der Waals surface area contributed by atoms with Crippen molar-refractivity contribution in [1.82, 2.24) is 4.98 Å². The highest BCUT2D eigenvalue weighted by atomic mass is 35.5. The van der Waals surface area contributed by atoms with E-state index in [1.807, 2.05) is 60.4 Å². The fraction of sp³-hybridized carbons (Fsp3) is 0.233. The monoisotopic (exact) mass is 497 g/mol. The molecule has 1 aliphatic carbocycles. The number of anilines is 1. The molecule has 182 valence electrons. The van der Waals surface area contributed by atoms with Gasteiger partial charge >= 0.3 is 0 Å². The molecule has 2 heterocycles. The van der Waals surface area contributed by atoms with Crippen LogP contribution in [0.4, 0.5) is 5.69 Å². The van der Waals surface area contributed by atoms with Gasteiger partial charge in [0.2, 0.25) is 0 Å². The van der Waals surface area contributed by atoms with Crippen LogP contribution in [0, 0.1) is 17.7 Å². The van der Waals surface area contributed by atoms with Gasteiger partial charge in [0.15, 0.2) is 5.78 Å². The molecule has 1 aliphatic heterocycles. The summed E-state index contributed by atoms with van der Waals surface area (Å²) < 4.78 is 0. The Bertz CT molecular complexity index is 1430. The van der Waals surface area contributed by atoms with Crippen LogP contribution in [-0.2, 0) is 4.79 Å². The number of allylic oxidation sites excluding steroid dienone is 2. The number of amidine groups is 1. The third kappa shape index (κ3) is 4.03. The number of aromatic nitrogens is 1. The van der Waals surface area contributed by atoms with E-state index in [4.69, 9.17) is 11.6 Å². The SMILES string of the molecule is Cc1c(Cl)cccc1N1C(=N)/C(=C(/O)c2ccccc2)C(c2cccnc2)C2=C1CC(C)(C)CC2=O. The van der Waals surface area contributed by atoms with Gasteiger partial charge in [-0.05, 0) is 48.1 Å². The largest absolute Gasteiger partial charge is 0.507 e. The van der Waals surface area contributed by atoms with Crippen LogP contribution in [0.25, 0.3) is 5.76 Å². The van der Waals surface area contributed by atoms with Crippen LogP contribution in [0.2, 0.25) is 5.02 Å². The van der Waals surface area contributed by atoms with E-state index in [2.05, 4.69) is 18.8 Å². The molecule has 36 heavy (non-hydrogen) atoms. The Hall–Kier alpha value is -3.70. The standard InChI is InChI=1S/C30H28ClN3O2/c1-18-21(31)12-7-13-22(18)34-23-15-30(2,3)16-24(35)26(23)25(20-11-8-14-33-17-20)27(29(34)32)28(36)19-9-5-4-6-10-19/h4-14,17,25,32,36H,15-16H2,1-3H3/b28-27+,32-29?. The third-order valence-electron chi connectivity index (χ3n) is 7.02. The van der Waals surface area contributed by atoms with E-state index in [1.165, 1.54) is 0 Å². The minimum atomic E-state index is -0.610. The highest BCUT2D eigenvalue weighted by molar-refractivity contribution is 6.32. The molecule has 2 aromatic carbocycles. The van der Waals surface area contributed by atoms with Crippen molar-refractivity contribution in [2.45, 2.75) is 39.5 Å². The Balaban J connectivity index is 1.88. The van der Waals surface area contributed by atoms with Gasteiger partial charge in [-0.2, -0.15) is 0 Å². The molecule has 1 atom stereocenters. The molecule has 5 rings (SSSR count). The first kappa shape index (κ1) is 24.0. The van der Waals surface area contributed by atoms with Gasteiger partial charge < -0.3 is 5.11 Å². The number of halogens is 1. The first-order valence-electron chi connectivity index (χ1n) is 12.0. The van der Waals surface area contributed by atoms with Gasteiger partial charge in [0, 0.05) is 52.2 Å². The van der Waals surface area contributed by atoms with Crippen LogP contribution >= 0.6 is 11.6 Å². The highest BCUT2D eigenvalue weighted by Gasteiger charge is 2.47. The number of aliphatic hydroxyl groups is 1. The van der Waals surface area contributed by atoms with Crippen molar-refractivity contribution < 1.29 is 9.90 Å². The van der Waals surface area contributed by atoms with Gasteiger partial charge in [-0.25, -0.2) is 0 Å². The number of hydrogen-bond donors (Lipinski definition) is 2. The molecule has 0 fully saturated rings. The molecule has 6 heteroatoms. The molecule has 1 unspecified atom stereocenters. The van der Waals surface area contributed by atoms with Crippen LogP contribution < -0.4 is 4.90 Å². The molecule has 0 spiro atoms. The molecule has 0 amide bonds. The minimum Gasteiger partial charge on any atom is -0.507 e. The van der Waals surface area contributed by atoms with Gasteiger partial charge in [-0.1, -0.05) is 67.9 Å². The number of nitrogens with one attached hydrogen (secondary N) is 1. The predicted molar refractivity (Wildman–Crippen MR) is 144 cm³/mol. The zero-order valence-corrected chi connectivity index (χ0v) is 21.3. The zero-order valence-electron chi connectivity index (χ0n) is 20.5. The van der Waals surface area contributed by atoms with Crippen molar-refractivity contribution >= 4 is 34.7 Å². The number of Topliss-reactive ketones (excluding diaryl/α,β-unsaturated/α-hetero) is 1. The van der Waals surface area contributed by atoms with Crippen LogP contribution in [0.1, 0.15) is 49.3 Å². The fourth-order valence-corrected chi connectivity index (χ4v) is 5.52. The first-order valence-corrected chi connectivity index (χ1v) is 12.4. The Morgan fingerprint density at radius 2 is 1.83 bits per heavy atom. The van der Waals surface area contributed by atoms with E-state index >= 15 is 0 Å². The summed E-state index contributed by atoms with van der Waals surface area (Å²) in [5.41, 5.74) is 4.38. The molecule has 3 aromatic rings. The number of nitrogens with zero attached hydrogens (tertiary/aromatic N) is 2. The summed E-state index contributed by atoms with van der Waals surface area (Å²) in [6.07, 6.45) is 4.39. The molecule has 1 aromatic heterocycles. The maximum absolute atomic E-state index is 13.9. The molecule has 0 radical (unpaired) electrons. The maximum atomic E-state index is 13.9. The summed E-state index contributed by atoms with van der Waals surface area (Å²) in [6.45, 7) is 6.06. The average Bonchev–Trinajstić information content (AvgIpc) is 2.85. The van der Waals surface area contributed by atoms with Gasteiger partial charge in [0.1, 0.15) is 11.6 Å². The molecular weight excluding hydrogens is 470 g/mol. The minimum absolute atomic E-state index is 0.0191. The van der Waals surface area contributed by atoms with Crippen LogP contribution in [-0.4, -0.2) is 21.7 Å².